The summed E-state index contributed by atoms with van der Waals surface area (Å²) in [6, 6.07) is 2.04. The fraction of sp³-hybridized carbons (Fsp3) is 0.769. The van der Waals surface area contributed by atoms with Gasteiger partial charge in [0.05, 0.1) is 12.2 Å². The number of hydrogen-bond acceptors (Lipinski definition) is 4. The molecule has 0 radical (unpaired) electrons. The predicted molar refractivity (Wildman–Crippen MR) is 65.7 cm³/mol. The Labute approximate surface area is 102 Å². The molecular weight excluding hydrogens is 214 g/mol. The van der Waals surface area contributed by atoms with Crippen LogP contribution in [0.4, 0.5) is 0 Å². The average molecular weight is 235 g/mol. The second kappa shape index (κ2) is 4.42. The van der Waals surface area contributed by atoms with Crippen LogP contribution < -0.4 is 5.32 Å². The van der Waals surface area contributed by atoms with Crippen LogP contribution in [-0.2, 0) is 6.54 Å². The van der Waals surface area contributed by atoms with E-state index in [0.29, 0.717) is 5.54 Å². The molecule has 1 aliphatic heterocycles. The molecule has 4 nitrogen and oxygen atoms in total. The van der Waals surface area contributed by atoms with Crippen molar-refractivity contribution in [2.45, 2.75) is 44.7 Å². The lowest BCUT2D eigenvalue weighted by Gasteiger charge is -2.41. The molecule has 1 saturated heterocycles. The van der Waals surface area contributed by atoms with Crippen molar-refractivity contribution in [1.82, 2.24) is 15.4 Å². The van der Waals surface area contributed by atoms with E-state index < -0.39 is 0 Å². The molecule has 1 saturated carbocycles. The van der Waals surface area contributed by atoms with E-state index in [1.807, 2.05) is 13.0 Å². The van der Waals surface area contributed by atoms with E-state index in [4.69, 9.17) is 4.52 Å². The fourth-order valence-corrected chi connectivity index (χ4v) is 3.28. The SMILES string of the molecule is Cc1cc(CN2CCNC3(CCCC3)C2)on1. The van der Waals surface area contributed by atoms with Gasteiger partial charge in [0.1, 0.15) is 0 Å². The second-order valence-corrected chi connectivity index (χ2v) is 5.56. The van der Waals surface area contributed by atoms with Crippen molar-refractivity contribution in [2.24, 2.45) is 0 Å². The standard InChI is InChI=1S/C13H21N3O/c1-11-8-12(17-15-11)9-16-7-6-14-13(10-16)4-2-3-5-13/h8,14H,2-7,9-10H2,1H3. The van der Waals surface area contributed by atoms with Gasteiger partial charge < -0.3 is 9.84 Å². The number of aromatic nitrogens is 1. The molecule has 0 amide bonds. The molecule has 1 aliphatic carbocycles. The van der Waals surface area contributed by atoms with Crippen LogP contribution in [0.1, 0.15) is 37.1 Å². The van der Waals surface area contributed by atoms with Crippen LogP contribution in [0.15, 0.2) is 10.6 Å². The summed E-state index contributed by atoms with van der Waals surface area (Å²) >= 11 is 0. The first-order chi connectivity index (χ1) is 8.26. The lowest BCUT2D eigenvalue weighted by Crippen LogP contribution is -2.58. The molecule has 1 aromatic rings. The van der Waals surface area contributed by atoms with E-state index in [1.54, 1.807) is 0 Å². The number of nitrogens with zero attached hydrogens (tertiary/aromatic N) is 2. The van der Waals surface area contributed by atoms with Gasteiger partial charge in [-0.2, -0.15) is 0 Å². The summed E-state index contributed by atoms with van der Waals surface area (Å²) in [7, 11) is 0. The highest BCUT2D eigenvalue weighted by atomic mass is 16.5. The molecule has 0 atom stereocenters. The Morgan fingerprint density at radius 2 is 2.29 bits per heavy atom. The van der Waals surface area contributed by atoms with Crippen molar-refractivity contribution in [1.29, 1.82) is 0 Å². The molecular formula is C13H21N3O. The summed E-state index contributed by atoms with van der Waals surface area (Å²) in [5.41, 5.74) is 1.37. The quantitative estimate of drug-likeness (QED) is 0.847. The van der Waals surface area contributed by atoms with Crippen molar-refractivity contribution in [2.75, 3.05) is 19.6 Å². The minimum absolute atomic E-state index is 0.396. The van der Waals surface area contributed by atoms with E-state index in [1.165, 1.54) is 25.7 Å². The van der Waals surface area contributed by atoms with Gasteiger partial charge in [0.25, 0.3) is 0 Å². The van der Waals surface area contributed by atoms with Crippen LogP contribution in [-0.4, -0.2) is 35.2 Å². The molecule has 17 heavy (non-hydrogen) atoms. The van der Waals surface area contributed by atoms with Gasteiger partial charge in [0, 0.05) is 31.2 Å². The lowest BCUT2D eigenvalue weighted by atomic mass is 9.94. The minimum Gasteiger partial charge on any atom is -0.360 e. The van der Waals surface area contributed by atoms with E-state index in [-0.39, 0.29) is 0 Å². The number of rotatable bonds is 2. The summed E-state index contributed by atoms with van der Waals surface area (Å²) in [4.78, 5) is 2.50. The Morgan fingerprint density at radius 3 is 3.00 bits per heavy atom. The van der Waals surface area contributed by atoms with Crippen LogP contribution in [0.25, 0.3) is 0 Å². The molecule has 2 fully saturated rings. The van der Waals surface area contributed by atoms with Gasteiger partial charge in [0.15, 0.2) is 5.76 Å². The first kappa shape index (κ1) is 11.2. The van der Waals surface area contributed by atoms with Crippen LogP contribution in [0.2, 0.25) is 0 Å². The summed E-state index contributed by atoms with van der Waals surface area (Å²) < 4.78 is 5.31. The van der Waals surface area contributed by atoms with E-state index in [0.717, 1.165) is 37.6 Å². The van der Waals surface area contributed by atoms with Gasteiger partial charge in [-0.15, -0.1) is 0 Å². The lowest BCUT2D eigenvalue weighted by molar-refractivity contribution is 0.119. The summed E-state index contributed by atoms with van der Waals surface area (Å²) in [6.07, 6.45) is 5.42. The Hall–Kier alpha value is -0.870. The van der Waals surface area contributed by atoms with E-state index in [9.17, 15) is 0 Å². The summed E-state index contributed by atoms with van der Waals surface area (Å²) in [5, 5.41) is 7.68. The van der Waals surface area contributed by atoms with E-state index in [2.05, 4.69) is 15.4 Å². The first-order valence-corrected chi connectivity index (χ1v) is 6.65. The average Bonchev–Trinajstić information content (AvgIpc) is 2.89. The molecule has 0 unspecified atom stereocenters. The highest BCUT2D eigenvalue weighted by Crippen LogP contribution is 2.32. The van der Waals surface area contributed by atoms with Crippen LogP contribution in [0.3, 0.4) is 0 Å². The number of hydrogen-bond donors (Lipinski definition) is 1. The Balaban J connectivity index is 1.64. The van der Waals surface area contributed by atoms with Gasteiger partial charge in [-0.05, 0) is 19.8 Å². The third-order valence-corrected chi connectivity index (χ3v) is 4.07. The fourth-order valence-electron chi connectivity index (χ4n) is 3.28. The molecule has 2 heterocycles. The second-order valence-electron chi connectivity index (χ2n) is 5.56. The molecule has 3 rings (SSSR count). The van der Waals surface area contributed by atoms with Crippen molar-refractivity contribution >= 4 is 0 Å². The molecule has 1 aromatic heterocycles. The third kappa shape index (κ3) is 2.38. The zero-order chi connectivity index (χ0) is 11.7. The maximum atomic E-state index is 5.31. The van der Waals surface area contributed by atoms with Crippen LogP contribution in [0, 0.1) is 6.92 Å². The molecule has 4 heteroatoms. The van der Waals surface area contributed by atoms with Crippen molar-refractivity contribution < 1.29 is 4.52 Å². The largest absolute Gasteiger partial charge is 0.360 e. The molecule has 1 N–H and O–H groups in total. The van der Waals surface area contributed by atoms with Gasteiger partial charge in [-0.1, -0.05) is 18.0 Å². The Kier molecular flexibility index (Phi) is 2.92. The van der Waals surface area contributed by atoms with Crippen molar-refractivity contribution in [3.05, 3.63) is 17.5 Å². The normalized spacial score (nSPS) is 24.5. The Bertz CT molecular complexity index is 382. The van der Waals surface area contributed by atoms with Crippen LogP contribution >= 0.6 is 0 Å². The highest BCUT2D eigenvalue weighted by molar-refractivity contribution is 5.05. The monoisotopic (exact) mass is 235 g/mol. The maximum absolute atomic E-state index is 5.31. The van der Waals surface area contributed by atoms with E-state index >= 15 is 0 Å². The maximum Gasteiger partial charge on any atom is 0.150 e. The van der Waals surface area contributed by atoms with Crippen molar-refractivity contribution in [3.8, 4) is 0 Å². The first-order valence-electron chi connectivity index (χ1n) is 6.65. The smallest absolute Gasteiger partial charge is 0.150 e. The molecule has 0 aromatic carbocycles. The van der Waals surface area contributed by atoms with Gasteiger partial charge >= 0.3 is 0 Å². The topological polar surface area (TPSA) is 41.3 Å². The molecule has 94 valence electrons. The zero-order valence-corrected chi connectivity index (χ0v) is 10.5. The van der Waals surface area contributed by atoms with Gasteiger partial charge in [0.2, 0.25) is 0 Å². The molecule has 0 bridgehead atoms. The minimum atomic E-state index is 0.396. The zero-order valence-electron chi connectivity index (χ0n) is 10.5. The number of aryl methyl sites for hydroxylation is 1. The summed E-state index contributed by atoms with van der Waals surface area (Å²) in [6.45, 7) is 6.26. The number of piperazine rings is 1. The third-order valence-electron chi connectivity index (χ3n) is 4.07. The van der Waals surface area contributed by atoms with Gasteiger partial charge in [-0.3, -0.25) is 4.90 Å². The highest BCUT2D eigenvalue weighted by Gasteiger charge is 2.37. The van der Waals surface area contributed by atoms with Crippen LogP contribution in [0.5, 0.6) is 0 Å². The Morgan fingerprint density at radius 1 is 1.47 bits per heavy atom. The van der Waals surface area contributed by atoms with Gasteiger partial charge in [-0.25, -0.2) is 0 Å². The van der Waals surface area contributed by atoms with Crippen molar-refractivity contribution in [3.63, 3.8) is 0 Å². The predicted octanol–water partition coefficient (Wildman–Crippen LogP) is 1.70. The molecule has 2 aliphatic rings. The molecule has 1 spiro atoms. The number of nitrogens with one attached hydrogen (secondary N) is 1. The summed E-state index contributed by atoms with van der Waals surface area (Å²) in [5.74, 6) is 0.998.